The first kappa shape index (κ1) is 17.5. The Labute approximate surface area is 148 Å². The van der Waals surface area contributed by atoms with Crippen molar-refractivity contribution in [3.63, 3.8) is 0 Å². The Morgan fingerprint density at radius 2 is 2.28 bits per heavy atom. The van der Waals surface area contributed by atoms with E-state index in [2.05, 4.69) is 10.3 Å². The van der Waals surface area contributed by atoms with Crippen LogP contribution in [-0.4, -0.2) is 39.3 Å². The van der Waals surface area contributed by atoms with Crippen molar-refractivity contribution in [1.29, 1.82) is 0 Å². The summed E-state index contributed by atoms with van der Waals surface area (Å²) in [5.74, 6) is -1.12. The standard InChI is InChI=1S/C17H18FN3O3S/c1-11(16(23)20-13-5-6-13)24-15(22)10-25-17-19-7-8-21(17)14-4-2-3-12(18)9-14/h2-4,7-9,11,13H,5-6,10H2,1H3,(H,20,23)/t11-/m1/s1. The lowest BCUT2D eigenvalue weighted by molar-refractivity contribution is -0.152. The largest absolute Gasteiger partial charge is 0.452 e. The van der Waals surface area contributed by atoms with Crippen LogP contribution in [0.15, 0.2) is 41.8 Å². The number of rotatable bonds is 7. The summed E-state index contributed by atoms with van der Waals surface area (Å²) in [5, 5.41) is 3.33. The molecule has 2 aromatic rings. The molecule has 1 heterocycles. The second-order valence-corrected chi connectivity index (χ2v) is 6.71. The summed E-state index contributed by atoms with van der Waals surface area (Å²) in [6, 6.07) is 6.32. The molecular weight excluding hydrogens is 345 g/mol. The Balaban J connectivity index is 1.54. The molecule has 1 aromatic carbocycles. The SMILES string of the molecule is C[C@@H](OC(=O)CSc1nccn1-c1cccc(F)c1)C(=O)NC1CC1. The number of hydrogen-bond donors (Lipinski definition) is 1. The summed E-state index contributed by atoms with van der Waals surface area (Å²) in [7, 11) is 0. The minimum absolute atomic E-state index is 0.00732. The summed E-state index contributed by atoms with van der Waals surface area (Å²) >= 11 is 1.17. The maximum absolute atomic E-state index is 13.4. The van der Waals surface area contributed by atoms with E-state index in [0.717, 1.165) is 12.8 Å². The van der Waals surface area contributed by atoms with Crippen LogP contribution in [-0.2, 0) is 14.3 Å². The second kappa shape index (κ2) is 7.69. The van der Waals surface area contributed by atoms with Crippen molar-refractivity contribution in [2.45, 2.75) is 37.1 Å². The number of esters is 1. The number of benzene rings is 1. The molecular formula is C17H18FN3O3S. The van der Waals surface area contributed by atoms with Gasteiger partial charge in [0.1, 0.15) is 5.82 Å². The summed E-state index contributed by atoms with van der Waals surface area (Å²) in [5.41, 5.74) is 0.616. The van der Waals surface area contributed by atoms with Crippen LogP contribution in [0.2, 0.25) is 0 Å². The Bertz CT molecular complexity index is 776. The second-order valence-electron chi connectivity index (χ2n) is 5.76. The van der Waals surface area contributed by atoms with Crippen molar-refractivity contribution < 1.29 is 18.7 Å². The third-order valence-corrected chi connectivity index (χ3v) is 4.55. The topological polar surface area (TPSA) is 73.2 Å². The molecule has 1 fully saturated rings. The van der Waals surface area contributed by atoms with Gasteiger partial charge in [0, 0.05) is 18.4 Å². The fourth-order valence-corrected chi connectivity index (χ4v) is 2.93. The molecule has 0 radical (unpaired) electrons. The highest BCUT2D eigenvalue weighted by molar-refractivity contribution is 7.99. The molecule has 1 N–H and O–H groups in total. The molecule has 1 aromatic heterocycles. The van der Waals surface area contributed by atoms with Gasteiger partial charge in [0.05, 0.1) is 11.4 Å². The molecule has 0 aliphatic heterocycles. The highest BCUT2D eigenvalue weighted by Gasteiger charge is 2.27. The number of halogens is 1. The van der Waals surface area contributed by atoms with Gasteiger partial charge in [-0.05, 0) is 38.0 Å². The van der Waals surface area contributed by atoms with Crippen LogP contribution in [0.5, 0.6) is 0 Å². The quantitative estimate of drug-likeness (QED) is 0.604. The van der Waals surface area contributed by atoms with E-state index >= 15 is 0 Å². The van der Waals surface area contributed by atoms with Crippen LogP contribution in [0.3, 0.4) is 0 Å². The van der Waals surface area contributed by atoms with E-state index in [-0.39, 0.29) is 23.5 Å². The minimum atomic E-state index is -0.823. The van der Waals surface area contributed by atoms with Gasteiger partial charge in [-0.3, -0.25) is 14.2 Å². The number of carbonyl (C=O) groups is 2. The summed E-state index contributed by atoms with van der Waals surface area (Å²) in [4.78, 5) is 27.9. The first-order valence-corrected chi connectivity index (χ1v) is 8.93. The first-order valence-electron chi connectivity index (χ1n) is 7.95. The number of imidazole rings is 1. The Morgan fingerprint density at radius 1 is 1.48 bits per heavy atom. The predicted octanol–water partition coefficient (Wildman–Crippen LogP) is 2.31. The van der Waals surface area contributed by atoms with Gasteiger partial charge in [-0.25, -0.2) is 9.37 Å². The molecule has 1 amide bonds. The average Bonchev–Trinajstić information content (AvgIpc) is 3.26. The number of ether oxygens (including phenoxy) is 1. The molecule has 3 rings (SSSR count). The molecule has 0 saturated heterocycles. The third kappa shape index (κ3) is 4.82. The van der Waals surface area contributed by atoms with Crippen molar-refractivity contribution in [3.8, 4) is 5.69 Å². The molecule has 25 heavy (non-hydrogen) atoms. The van der Waals surface area contributed by atoms with Gasteiger partial charge >= 0.3 is 5.97 Å². The lowest BCUT2D eigenvalue weighted by Gasteiger charge is -2.13. The normalized spacial score (nSPS) is 14.8. The highest BCUT2D eigenvalue weighted by Crippen LogP contribution is 2.21. The molecule has 0 unspecified atom stereocenters. The van der Waals surface area contributed by atoms with Gasteiger partial charge in [-0.1, -0.05) is 17.8 Å². The number of amides is 1. The van der Waals surface area contributed by atoms with E-state index in [9.17, 15) is 14.0 Å². The molecule has 6 nitrogen and oxygen atoms in total. The molecule has 1 aliphatic carbocycles. The molecule has 1 aliphatic rings. The third-order valence-electron chi connectivity index (χ3n) is 3.61. The van der Waals surface area contributed by atoms with Crippen molar-refractivity contribution in [2.75, 3.05) is 5.75 Å². The van der Waals surface area contributed by atoms with E-state index in [1.807, 2.05) is 0 Å². The van der Waals surface area contributed by atoms with Crippen molar-refractivity contribution in [3.05, 3.63) is 42.5 Å². The summed E-state index contributed by atoms with van der Waals surface area (Å²) in [6.45, 7) is 1.55. The number of hydrogen-bond acceptors (Lipinski definition) is 5. The Hall–Kier alpha value is -2.35. The maximum Gasteiger partial charge on any atom is 0.317 e. The lowest BCUT2D eigenvalue weighted by atomic mass is 10.3. The van der Waals surface area contributed by atoms with Crippen molar-refractivity contribution >= 4 is 23.6 Å². The Kier molecular flexibility index (Phi) is 5.37. The van der Waals surface area contributed by atoms with Gasteiger partial charge in [-0.15, -0.1) is 0 Å². The van der Waals surface area contributed by atoms with E-state index in [0.29, 0.717) is 10.8 Å². The molecule has 1 atom stereocenters. The van der Waals surface area contributed by atoms with Crippen LogP contribution in [0.4, 0.5) is 4.39 Å². The van der Waals surface area contributed by atoms with Crippen LogP contribution in [0.25, 0.3) is 5.69 Å². The van der Waals surface area contributed by atoms with Crippen molar-refractivity contribution in [1.82, 2.24) is 14.9 Å². The van der Waals surface area contributed by atoms with Gasteiger partial charge in [-0.2, -0.15) is 0 Å². The van der Waals surface area contributed by atoms with E-state index in [4.69, 9.17) is 4.74 Å². The average molecular weight is 363 g/mol. The fourth-order valence-electron chi connectivity index (χ4n) is 2.17. The molecule has 8 heteroatoms. The van der Waals surface area contributed by atoms with Crippen LogP contribution in [0.1, 0.15) is 19.8 Å². The first-order chi connectivity index (χ1) is 12.0. The van der Waals surface area contributed by atoms with Gasteiger partial charge in [0.15, 0.2) is 11.3 Å². The summed E-state index contributed by atoms with van der Waals surface area (Å²) < 4.78 is 20.2. The number of thioether (sulfide) groups is 1. The number of nitrogens with one attached hydrogen (secondary N) is 1. The zero-order valence-electron chi connectivity index (χ0n) is 13.6. The monoisotopic (exact) mass is 363 g/mol. The van der Waals surface area contributed by atoms with Crippen LogP contribution >= 0.6 is 11.8 Å². The Morgan fingerprint density at radius 3 is 3.00 bits per heavy atom. The maximum atomic E-state index is 13.4. The molecule has 1 saturated carbocycles. The molecule has 132 valence electrons. The number of aromatic nitrogens is 2. The van der Waals surface area contributed by atoms with Crippen molar-refractivity contribution in [2.24, 2.45) is 0 Å². The van der Waals surface area contributed by atoms with E-state index in [1.165, 1.54) is 23.9 Å². The summed E-state index contributed by atoms with van der Waals surface area (Å²) in [6.07, 6.45) is 4.39. The predicted molar refractivity (Wildman–Crippen MR) is 91.0 cm³/mol. The van der Waals surface area contributed by atoms with Gasteiger partial charge in [0.25, 0.3) is 5.91 Å². The number of nitrogens with zero attached hydrogens (tertiary/aromatic N) is 2. The van der Waals surface area contributed by atoms with Crippen LogP contribution < -0.4 is 5.32 Å². The fraction of sp³-hybridized carbons (Fsp3) is 0.353. The van der Waals surface area contributed by atoms with E-state index in [1.54, 1.807) is 36.0 Å². The number of carbonyl (C=O) groups excluding carboxylic acids is 2. The zero-order valence-corrected chi connectivity index (χ0v) is 14.5. The van der Waals surface area contributed by atoms with Gasteiger partial charge < -0.3 is 10.1 Å². The van der Waals surface area contributed by atoms with E-state index < -0.39 is 12.1 Å². The smallest absolute Gasteiger partial charge is 0.317 e. The molecule has 0 bridgehead atoms. The van der Waals surface area contributed by atoms with Gasteiger partial charge in [0.2, 0.25) is 0 Å². The zero-order chi connectivity index (χ0) is 17.8. The lowest BCUT2D eigenvalue weighted by Crippen LogP contribution is -2.37. The minimum Gasteiger partial charge on any atom is -0.452 e. The molecule has 0 spiro atoms. The van der Waals surface area contributed by atoms with Crippen LogP contribution in [0, 0.1) is 5.82 Å². The highest BCUT2D eigenvalue weighted by atomic mass is 32.2.